The summed E-state index contributed by atoms with van der Waals surface area (Å²) >= 11 is 0. The van der Waals surface area contributed by atoms with E-state index in [4.69, 9.17) is 4.74 Å². The van der Waals surface area contributed by atoms with Crippen molar-refractivity contribution in [3.8, 4) is 5.75 Å². The molecule has 1 fully saturated rings. The smallest absolute Gasteiger partial charge is 0.229 e. The number of hydrogen-bond donors (Lipinski definition) is 1. The molecule has 0 saturated carbocycles. The summed E-state index contributed by atoms with van der Waals surface area (Å²) in [4.78, 5) is 27.0. The monoisotopic (exact) mass is 364 g/mol. The van der Waals surface area contributed by atoms with Crippen molar-refractivity contribution in [3.05, 3.63) is 53.1 Å². The summed E-state index contributed by atoms with van der Waals surface area (Å²) < 4.78 is 5.40. The van der Waals surface area contributed by atoms with Crippen LogP contribution in [0.5, 0.6) is 5.75 Å². The van der Waals surface area contributed by atoms with E-state index < -0.39 is 0 Å². The number of amides is 2. The lowest BCUT2D eigenvalue weighted by atomic mass is 10.1. The normalized spacial score (nSPS) is 18.5. The average molecular weight is 364 g/mol. The average Bonchev–Trinajstić information content (AvgIpc) is 3.27. The summed E-state index contributed by atoms with van der Waals surface area (Å²) in [5.74, 6) is 0.132. The predicted octanol–water partition coefficient (Wildman–Crippen LogP) is 3.48. The van der Waals surface area contributed by atoms with E-state index in [9.17, 15) is 9.59 Å². The maximum absolute atomic E-state index is 12.7. The SMILES string of the molecule is COc1ccc(C)cc1N1C[C@@H](C(=O)Nc2ccc3c(c2)CCC3)CC1=O. The number of nitrogens with one attached hydrogen (secondary N) is 1. The van der Waals surface area contributed by atoms with Gasteiger partial charge in [0.2, 0.25) is 11.8 Å². The molecule has 1 saturated heterocycles. The first kappa shape index (κ1) is 17.6. The summed E-state index contributed by atoms with van der Waals surface area (Å²) in [5.41, 5.74) is 5.29. The number of fused-ring (bicyclic) bond motifs is 1. The molecule has 1 N–H and O–H groups in total. The molecular weight excluding hydrogens is 340 g/mol. The number of aryl methyl sites for hydroxylation is 3. The van der Waals surface area contributed by atoms with E-state index in [1.165, 1.54) is 17.5 Å². The minimum atomic E-state index is -0.365. The van der Waals surface area contributed by atoms with Crippen molar-refractivity contribution in [2.45, 2.75) is 32.6 Å². The first-order chi connectivity index (χ1) is 13.0. The van der Waals surface area contributed by atoms with Gasteiger partial charge in [0.25, 0.3) is 0 Å². The maximum atomic E-state index is 12.7. The molecule has 1 atom stereocenters. The van der Waals surface area contributed by atoms with Gasteiger partial charge in [-0.3, -0.25) is 9.59 Å². The third-order valence-electron chi connectivity index (χ3n) is 5.49. The lowest BCUT2D eigenvalue weighted by Crippen LogP contribution is -2.28. The second kappa shape index (κ2) is 7.06. The summed E-state index contributed by atoms with van der Waals surface area (Å²) in [6.45, 7) is 2.34. The third kappa shape index (κ3) is 3.42. The fourth-order valence-corrected chi connectivity index (χ4v) is 4.02. The quantitative estimate of drug-likeness (QED) is 0.904. The van der Waals surface area contributed by atoms with E-state index in [-0.39, 0.29) is 24.2 Å². The molecule has 27 heavy (non-hydrogen) atoms. The Kier molecular flexibility index (Phi) is 4.60. The first-order valence-corrected chi connectivity index (χ1v) is 9.43. The minimum absolute atomic E-state index is 0.0481. The van der Waals surface area contributed by atoms with E-state index in [1.54, 1.807) is 12.0 Å². The Labute approximate surface area is 159 Å². The highest BCUT2D eigenvalue weighted by atomic mass is 16.5. The number of ether oxygens (including phenoxy) is 1. The number of hydrogen-bond acceptors (Lipinski definition) is 3. The molecule has 140 valence electrons. The zero-order valence-corrected chi connectivity index (χ0v) is 15.7. The van der Waals surface area contributed by atoms with Gasteiger partial charge < -0.3 is 15.0 Å². The molecule has 4 rings (SSSR count). The third-order valence-corrected chi connectivity index (χ3v) is 5.49. The van der Waals surface area contributed by atoms with E-state index in [0.717, 1.165) is 29.8 Å². The van der Waals surface area contributed by atoms with Gasteiger partial charge in [-0.15, -0.1) is 0 Å². The highest BCUT2D eigenvalue weighted by Gasteiger charge is 2.36. The van der Waals surface area contributed by atoms with E-state index in [2.05, 4.69) is 17.4 Å². The van der Waals surface area contributed by atoms with Gasteiger partial charge in [0.1, 0.15) is 5.75 Å². The van der Waals surface area contributed by atoms with Gasteiger partial charge in [0.05, 0.1) is 18.7 Å². The number of carbonyl (C=O) groups excluding carboxylic acids is 2. The molecule has 2 amide bonds. The van der Waals surface area contributed by atoms with Crippen molar-refractivity contribution in [2.24, 2.45) is 5.92 Å². The van der Waals surface area contributed by atoms with Crippen LogP contribution in [0.2, 0.25) is 0 Å². The van der Waals surface area contributed by atoms with Gasteiger partial charge in [0, 0.05) is 18.7 Å². The predicted molar refractivity (Wildman–Crippen MR) is 105 cm³/mol. The molecule has 0 unspecified atom stereocenters. The van der Waals surface area contributed by atoms with Crippen LogP contribution < -0.4 is 15.0 Å². The zero-order chi connectivity index (χ0) is 19.0. The number of carbonyl (C=O) groups is 2. The van der Waals surface area contributed by atoms with Gasteiger partial charge in [-0.05, 0) is 67.1 Å². The highest BCUT2D eigenvalue weighted by molar-refractivity contribution is 6.04. The van der Waals surface area contributed by atoms with Gasteiger partial charge >= 0.3 is 0 Å². The Morgan fingerprint density at radius 2 is 1.96 bits per heavy atom. The van der Waals surface area contributed by atoms with Crippen LogP contribution in [0.1, 0.15) is 29.5 Å². The Bertz CT molecular complexity index is 906. The molecule has 0 radical (unpaired) electrons. The topological polar surface area (TPSA) is 58.6 Å². The van der Waals surface area contributed by atoms with E-state index >= 15 is 0 Å². The molecule has 5 nitrogen and oxygen atoms in total. The van der Waals surface area contributed by atoms with Gasteiger partial charge in [0.15, 0.2) is 0 Å². The molecular formula is C22H24N2O3. The number of benzene rings is 2. The van der Waals surface area contributed by atoms with Crippen LogP contribution in [-0.4, -0.2) is 25.5 Å². The molecule has 2 aromatic rings. The standard InChI is InChI=1S/C22H24N2O3/c1-14-6-9-20(27-2)19(10-14)24-13-17(12-21(24)25)22(26)23-18-8-7-15-4-3-5-16(15)11-18/h6-11,17H,3-5,12-13H2,1-2H3,(H,23,26)/t17-/m0/s1. The molecule has 1 aliphatic carbocycles. The van der Waals surface area contributed by atoms with Crippen molar-refractivity contribution in [1.29, 1.82) is 0 Å². The highest BCUT2D eigenvalue weighted by Crippen LogP contribution is 2.34. The fourth-order valence-electron chi connectivity index (χ4n) is 4.02. The van der Waals surface area contributed by atoms with E-state index in [0.29, 0.717) is 12.3 Å². The zero-order valence-electron chi connectivity index (χ0n) is 15.7. The van der Waals surface area contributed by atoms with Crippen LogP contribution >= 0.6 is 0 Å². The van der Waals surface area contributed by atoms with Crippen molar-refractivity contribution < 1.29 is 14.3 Å². The molecule has 2 aromatic carbocycles. The summed E-state index contributed by atoms with van der Waals surface area (Å²) in [5, 5.41) is 3.00. The molecule has 2 aliphatic rings. The molecule has 0 bridgehead atoms. The number of rotatable bonds is 4. The lowest BCUT2D eigenvalue weighted by molar-refractivity contribution is -0.122. The van der Waals surface area contributed by atoms with E-state index in [1.807, 2.05) is 31.2 Å². The Morgan fingerprint density at radius 3 is 2.78 bits per heavy atom. The Morgan fingerprint density at radius 1 is 1.15 bits per heavy atom. The number of anilines is 2. The van der Waals surface area contributed by atoms with Crippen molar-refractivity contribution in [2.75, 3.05) is 23.9 Å². The largest absolute Gasteiger partial charge is 0.495 e. The number of methoxy groups -OCH3 is 1. The number of nitrogens with zero attached hydrogens (tertiary/aromatic N) is 1. The summed E-state index contributed by atoms with van der Waals surface area (Å²) in [6, 6.07) is 11.9. The summed E-state index contributed by atoms with van der Waals surface area (Å²) in [7, 11) is 1.59. The summed E-state index contributed by atoms with van der Waals surface area (Å²) in [6.07, 6.45) is 3.58. The Hall–Kier alpha value is -2.82. The van der Waals surface area contributed by atoms with Crippen LogP contribution in [0.4, 0.5) is 11.4 Å². The van der Waals surface area contributed by atoms with Crippen LogP contribution in [-0.2, 0) is 22.4 Å². The van der Waals surface area contributed by atoms with Crippen LogP contribution in [0, 0.1) is 12.8 Å². The van der Waals surface area contributed by atoms with Gasteiger partial charge in [-0.1, -0.05) is 12.1 Å². The molecule has 1 heterocycles. The minimum Gasteiger partial charge on any atom is -0.495 e. The van der Waals surface area contributed by atoms with Crippen molar-refractivity contribution in [1.82, 2.24) is 0 Å². The van der Waals surface area contributed by atoms with Gasteiger partial charge in [-0.25, -0.2) is 0 Å². The Balaban J connectivity index is 1.49. The lowest BCUT2D eigenvalue weighted by Gasteiger charge is -2.20. The fraction of sp³-hybridized carbons (Fsp3) is 0.364. The molecule has 0 spiro atoms. The molecule has 5 heteroatoms. The maximum Gasteiger partial charge on any atom is 0.229 e. The molecule has 0 aromatic heterocycles. The van der Waals surface area contributed by atoms with Crippen LogP contribution in [0.3, 0.4) is 0 Å². The first-order valence-electron chi connectivity index (χ1n) is 9.43. The van der Waals surface area contributed by atoms with Crippen molar-refractivity contribution >= 4 is 23.2 Å². The van der Waals surface area contributed by atoms with Crippen LogP contribution in [0.25, 0.3) is 0 Å². The van der Waals surface area contributed by atoms with Gasteiger partial charge in [-0.2, -0.15) is 0 Å². The van der Waals surface area contributed by atoms with Crippen LogP contribution in [0.15, 0.2) is 36.4 Å². The van der Waals surface area contributed by atoms with Crippen molar-refractivity contribution in [3.63, 3.8) is 0 Å². The second-order valence-corrected chi connectivity index (χ2v) is 7.41. The second-order valence-electron chi connectivity index (χ2n) is 7.41. The molecule has 1 aliphatic heterocycles.